The number of hydrogen-bond donors (Lipinski definition) is 0. The molecule has 0 unspecified atom stereocenters. The largest absolute Gasteiger partial charge is 0.244 e. The van der Waals surface area contributed by atoms with Gasteiger partial charge in [-0.2, -0.15) is 0 Å². The van der Waals surface area contributed by atoms with E-state index in [1.807, 2.05) is 0 Å². The molecule has 0 amide bonds. The second kappa shape index (κ2) is 2.45. The fourth-order valence-corrected chi connectivity index (χ4v) is 1.85. The molecule has 8 heavy (non-hydrogen) atoms. The Morgan fingerprint density at radius 2 is 1.50 bits per heavy atom. The Hall–Kier alpha value is 0.590. The van der Waals surface area contributed by atoms with Crippen molar-refractivity contribution in [1.82, 2.24) is 0 Å². The highest BCUT2D eigenvalue weighted by molar-refractivity contribution is 14.1. The van der Waals surface area contributed by atoms with Crippen LogP contribution in [0.4, 0.5) is 8.78 Å². The summed E-state index contributed by atoms with van der Waals surface area (Å²) in [6.07, 6.45) is -1.56. The molecule has 0 spiro atoms. The van der Waals surface area contributed by atoms with Gasteiger partial charge in [0.15, 0.2) is 0 Å². The predicted octanol–water partition coefficient (Wildman–Crippen LogP) is 2.26. The normalized spacial score (nSPS) is 47.6. The molecule has 0 aromatic rings. The van der Waals surface area contributed by atoms with E-state index in [-0.39, 0.29) is 3.92 Å². The fraction of sp³-hybridized carbons (Fsp3) is 1.00. The first-order valence-electron chi connectivity index (χ1n) is 2.62. The third kappa shape index (κ3) is 1.30. The first kappa shape index (κ1) is 6.71. The zero-order chi connectivity index (χ0) is 6.15. The van der Waals surface area contributed by atoms with Gasteiger partial charge in [-0.05, 0) is 12.8 Å². The van der Waals surface area contributed by atoms with Crippen LogP contribution in [0.5, 0.6) is 0 Å². The molecule has 3 heteroatoms. The van der Waals surface area contributed by atoms with Gasteiger partial charge in [-0.25, -0.2) is 8.78 Å². The van der Waals surface area contributed by atoms with E-state index in [4.69, 9.17) is 0 Å². The Morgan fingerprint density at radius 1 is 1.12 bits per heavy atom. The van der Waals surface area contributed by atoms with Crippen molar-refractivity contribution in [2.45, 2.75) is 29.1 Å². The van der Waals surface area contributed by atoms with Gasteiger partial charge in [0.05, 0.1) is 0 Å². The van der Waals surface area contributed by atoms with Crippen LogP contribution >= 0.6 is 22.6 Å². The maximum absolute atomic E-state index is 12.2. The summed E-state index contributed by atoms with van der Waals surface area (Å²) >= 11 is 2.08. The van der Waals surface area contributed by atoms with Crippen molar-refractivity contribution in [2.24, 2.45) is 0 Å². The molecule has 0 aliphatic heterocycles. The van der Waals surface area contributed by atoms with Crippen molar-refractivity contribution in [3.05, 3.63) is 0 Å². The fourth-order valence-electron chi connectivity index (χ4n) is 0.880. The SMILES string of the molecule is F[C@@H]1C[C@@H](I)C[C@@H]1F. The van der Waals surface area contributed by atoms with Gasteiger partial charge in [-0.1, -0.05) is 22.6 Å². The van der Waals surface area contributed by atoms with Crippen LogP contribution in [-0.2, 0) is 0 Å². The quantitative estimate of drug-likeness (QED) is 0.444. The molecule has 0 radical (unpaired) electrons. The lowest BCUT2D eigenvalue weighted by atomic mass is 10.3. The molecule has 0 heterocycles. The molecule has 0 saturated heterocycles. The Bertz CT molecular complexity index is 76.5. The summed E-state index contributed by atoms with van der Waals surface area (Å²) in [7, 11) is 0. The Labute approximate surface area is 60.8 Å². The number of rotatable bonds is 0. The van der Waals surface area contributed by atoms with Crippen molar-refractivity contribution < 1.29 is 8.78 Å². The molecule has 1 aliphatic rings. The lowest BCUT2D eigenvalue weighted by molar-refractivity contribution is 0.199. The summed E-state index contributed by atoms with van der Waals surface area (Å²) in [5.41, 5.74) is 0. The highest BCUT2D eigenvalue weighted by atomic mass is 127. The van der Waals surface area contributed by atoms with E-state index in [1.165, 1.54) is 0 Å². The monoisotopic (exact) mass is 232 g/mol. The lowest BCUT2D eigenvalue weighted by Gasteiger charge is -1.96. The lowest BCUT2D eigenvalue weighted by Crippen LogP contribution is -2.06. The number of alkyl halides is 3. The second-order valence-corrected chi connectivity index (χ2v) is 3.86. The molecular formula is C5H7F2I. The predicted molar refractivity (Wildman–Crippen MR) is 36.8 cm³/mol. The summed E-state index contributed by atoms with van der Waals surface area (Å²) in [5, 5.41) is 0. The molecular weight excluding hydrogens is 225 g/mol. The maximum Gasteiger partial charge on any atom is 0.132 e. The van der Waals surface area contributed by atoms with Crippen LogP contribution in [0.25, 0.3) is 0 Å². The molecule has 0 N–H and O–H groups in total. The van der Waals surface area contributed by atoms with Crippen LogP contribution in [0.1, 0.15) is 12.8 Å². The van der Waals surface area contributed by atoms with Crippen molar-refractivity contribution in [1.29, 1.82) is 0 Å². The summed E-state index contributed by atoms with van der Waals surface area (Å²) in [4.78, 5) is 0. The highest BCUT2D eigenvalue weighted by Crippen LogP contribution is 2.30. The van der Waals surface area contributed by atoms with Crippen LogP contribution in [-0.4, -0.2) is 16.3 Å². The van der Waals surface area contributed by atoms with Gasteiger partial charge in [0.1, 0.15) is 12.3 Å². The molecule has 0 aromatic heterocycles. The van der Waals surface area contributed by atoms with Crippen molar-refractivity contribution in [3.8, 4) is 0 Å². The molecule has 0 bridgehead atoms. The van der Waals surface area contributed by atoms with E-state index in [2.05, 4.69) is 22.6 Å². The molecule has 1 rings (SSSR count). The summed E-state index contributed by atoms with van der Waals surface area (Å²) in [6, 6.07) is 0. The van der Waals surface area contributed by atoms with E-state index in [1.54, 1.807) is 0 Å². The second-order valence-electron chi connectivity index (χ2n) is 2.10. The van der Waals surface area contributed by atoms with Crippen molar-refractivity contribution >= 4 is 22.6 Å². The van der Waals surface area contributed by atoms with Gasteiger partial charge in [-0.15, -0.1) is 0 Å². The van der Waals surface area contributed by atoms with Crippen LogP contribution in [0.3, 0.4) is 0 Å². The minimum atomic E-state index is -1.18. The van der Waals surface area contributed by atoms with Crippen molar-refractivity contribution in [2.75, 3.05) is 0 Å². The zero-order valence-corrected chi connectivity index (χ0v) is 6.44. The molecule has 0 nitrogen and oxygen atoms in total. The van der Waals surface area contributed by atoms with Gasteiger partial charge < -0.3 is 0 Å². The number of halogens is 3. The Kier molecular flexibility index (Phi) is 2.06. The smallest absolute Gasteiger partial charge is 0.132 e. The van der Waals surface area contributed by atoms with Gasteiger partial charge in [0.2, 0.25) is 0 Å². The minimum absolute atomic E-state index is 0.220. The van der Waals surface area contributed by atoms with E-state index in [9.17, 15) is 8.78 Å². The van der Waals surface area contributed by atoms with Crippen LogP contribution in [0, 0.1) is 0 Å². The third-order valence-corrected chi connectivity index (χ3v) is 2.37. The Morgan fingerprint density at radius 3 is 1.62 bits per heavy atom. The molecule has 1 fully saturated rings. The molecule has 0 aromatic carbocycles. The molecule has 3 atom stereocenters. The summed E-state index contributed by atoms with van der Waals surface area (Å²) < 4.78 is 24.6. The minimum Gasteiger partial charge on any atom is -0.244 e. The Balaban J connectivity index is 2.39. The first-order valence-corrected chi connectivity index (χ1v) is 3.87. The van der Waals surface area contributed by atoms with Crippen LogP contribution < -0.4 is 0 Å². The topological polar surface area (TPSA) is 0 Å². The first-order chi connectivity index (χ1) is 3.70. The van der Waals surface area contributed by atoms with E-state index < -0.39 is 12.3 Å². The van der Waals surface area contributed by atoms with E-state index >= 15 is 0 Å². The molecule has 1 saturated carbocycles. The molecule has 1 aliphatic carbocycles. The average Bonchev–Trinajstić information content (AvgIpc) is 1.85. The van der Waals surface area contributed by atoms with E-state index in [0.29, 0.717) is 12.8 Å². The standard InChI is InChI=1S/C5H7F2I/c6-4-1-3(8)2-5(4)7/h3-5H,1-2H2/t3-,4-,5+. The van der Waals surface area contributed by atoms with Gasteiger partial charge >= 0.3 is 0 Å². The van der Waals surface area contributed by atoms with Gasteiger partial charge in [0.25, 0.3) is 0 Å². The van der Waals surface area contributed by atoms with Crippen LogP contribution in [0.15, 0.2) is 0 Å². The summed E-state index contributed by atoms with van der Waals surface area (Å²) in [5.74, 6) is 0. The number of hydrogen-bond acceptors (Lipinski definition) is 0. The average molecular weight is 232 g/mol. The summed E-state index contributed by atoms with van der Waals surface area (Å²) in [6.45, 7) is 0. The third-order valence-electron chi connectivity index (χ3n) is 1.35. The maximum atomic E-state index is 12.2. The van der Waals surface area contributed by atoms with Crippen molar-refractivity contribution in [3.63, 3.8) is 0 Å². The zero-order valence-electron chi connectivity index (χ0n) is 4.28. The van der Waals surface area contributed by atoms with E-state index in [0.717, 1.165) is 0 Å². The van der Waals surface area contributed by atoms with Crippen LogP contribution in [0.2, 0.25) is 0 Å². The van der Waals surface area contributed by atoms with Gasteiger partial charge in [-0.3, -0.25) is 0 Å². The van der Waals surface area contributed by atoms with Gasteiger partial charge in [0, 0.05) is 3.92 Å². The molecule has 48 valence electrons. The highest BCUT2D eigenvalue weighted by Gasteiger charge is 2.32.